The van der Waals surface area contributed by atoms with Crippen molar-refractivity contribution in [3.05, 3.63) is 23.9 Å². The van der Waals surface area contributed by atoms with Gasteiger partial charge in [-0.05, 0) is 30.0 Å². The molecule has 4 nitrogen and oxygen atoms in total. The van der Waals surface area contributed by atoms with Crippen LogP contribution in [-0.2, 0) is 6.54 Å². The summed E-state index contributed by atoms with van der Waals surface area (Å²) >= 11 is 0. The minimum absolute atomic E-state index is 0.768. The van der Waals surface area contributed by atoms with Gasteiger partial charge in [0.25, 0.3) is 0 Å². The Labute approximate surface area is 129 Å². The van der Waals surface area contributed by atoms with Crippen LogP contribution in [0.4, 0.5) is 5.82 Å². The Morgan fingerprint density at radius 3 is 2.57 bits per heavy atom. The molecule has 21 heavy (non-hydrogen) atoms. The van der Waals surface area contributed by atoms with Crippen LogP contribution in [0.3, 0.4) is 0 Å². The van der Waals surface area contributed by atoms with Crippen molar-refractivity contribution >= 4 is 5.82 Å². The van der Waals surface area contributed by atoms with Crippen LogP contribution in [0.1, 0.15) is 32.8 Å². The summed E-state index contributed by atoms with van der Waals surface area (Å²) in [6.45, 7) is 14.8. The van der Waals surface area contributed by atoms with E-state index in [0.29, 0.717) is 0 Å². The molecule has 0 amide bonds. The SMILES string of the molecule is CCCNc1cc(CN2CCN(CC(C)C)CC2)ccn1. The molecular formula is C17H30N4. The van der Waals surface area contributed by atoms with Crippen molar-refractivity contribution in [2.24, 2.45) is 5.92 Å². The highest BCUT2D eigenvalue weighted by atomic mass is 15.3. The van der Waals surface area contributed by atoms with Crippen molar-refractivity contribution in [3.63, 3.8) is 0 Å². The van der Waals surface area contributed by atoms with Crippen LogP contribution in [0.5, 0.6) is 0 Å². The normalized spacial score (nSPS) is 17.3. The first-order valence-electron chi connectivity index (χ1n) is 8.31. The van der Waals surface area contributed by atoms with Crippen molar-refractivity contribution in [1.82, 2.24) is 14.8 Å². The molecule has 1 aromatic heterocycles. The van der Waals surface area contributed by atoms with E-state index in [0.717, 1.165) is 31.2 Å². The van der Waals surface area contributed by atoms with Gasteiger partial charge in [0.15, 0.2) is 0 Å². The molecule has 0 saturated carbocycles. The highest BCUT2D eigenvalue weighted by Gasteiger charge is 2.17. The molecule has 1 aromatic rings. The zero-order chi connectivity index (χ0) is 15.1. The highest BCUT2D eigenvalue weighted by molar-refractivity contribution is 5.37. The molecule has 2 rings (SSSR count). The maximum absolute atomic E-state index is 4.38. The van der Waals surface area contributed by atoms with Gasteiger partial charge in [-0.2, -0.15) is 0 Å². The van der Waals surface area contributed by atoms with E-state index in [9.17, 15) is 0 Å². The molecule has 0 spiro atoms. The van der Waals surface area contributed by atoms with Crippen LogP contribution in [0, 0.1) is 5.92 Å². The molecule has 118 valence electrons. The van der Waals surface area contributed by atoms with Crippen LogP contribution >= 0.6 is 0 Å². The molecule has 0 bridgehead atoms. The molecule has 1 aliphatic heterocycles. The minimum atomic E-state index is 0.768. The molecule has 4 heteroatoms. The third-order valence-electron chi connectivity index (χ3n) is 3.87. The summed E-state index contributed by atoms with van der Waals surface area (Å²) in [4.78, 5) is 9.51. The number of hydrogen-bond acceptors (Lipinski definition) is 4. The molecule has 0 unspecified atom stereocenters. The van der Waals surface area contributed by atoms with Gasteiger partial charge in [-0.15, -0.1) is 0 Å². The molecular weight excluding hydrogens is 260 g/mol. The summed E-state index contributed by atoms with van der Waals surface area (Å²) in [6, 6.07) is 4.33. The molecule has 0 aromatic carbocycles. The van der Waals surface area contributed by atoms with Gasteiger partial charge in [-0.25, -0.2) is 4.98 Å². The summed E-state index contributed by atoms with van der Waals surface area (Å²) in [5.41, 5.74) is 1.36. The number of aromatic nitrogens is 1. The number of piperazine rings is 1. The van der Waals surface area contributed by atoms with Crippen LogP contribution < -0.4 is 5.32 Å². The number of anilines is 1. The predicted octanol–water partition coefficient (Wildman–Crippen LogP) is 2.68. The van der Waals surface area contributed by atoms with E-state index in [2.05, 4.69) is 53.0 Å². The third-order valence-corrected chi connectivity index (χ3v) is 3.87. The molecule has 1 saturated heterocycles. The molecule has 0 atom stereocenters. The van der Waals surface area contributed by atoms with E-state index in [-0.39, 0.29) is 0 Å². The Bertz CT molecular complexity index is 411. The monoisotopic (exact) mass is 290 g/mol. The Morgan fingerprint density at radius 2 is 1.90 bits per heavy atom. The lowest BCUT2D eigenvalue weighted by Crippen LogP contribution is -2.46. The number of nitrogens with zero attached hydrogens (tertiary/aromatic N) is 3. The van der Waals surface area contributed by atoms with Crippen molar-refractivity contribution in [3.8, 4) is 0 Å². The Morgan fingerprint density at radius 1 is 1.19 bits per heavy atom. The van der Waals surface area contributed by atoms with Crippen molar-refractivity contribution < 1.29 is 0 Å². The van der Waals surface area contributed by atoms with Gasteiger partial charge in [0.2, 0.25) is 0 Å². The lowest BCUT2D eigenvalue weighted by Gasteiger charge is -2.35. The average Bonchev–Trinajstić information content (AvgIpc) is 2.47. The van der Waals surface area contributed by atoms with Gasteiger partial charge in [-0.1, -0.05) is 20.8 Å². The average molecular weight is 290 g/mol. The molecule has 0 radical (unpaired) electrons. The van der Waals surface area contributed by atoms with E-state index in [4.69, 9.17) is 0 Å². The van der Waals surface area contributed by atoms with E-state index in [1.807, 2.05) is 6.20 Å². The van der Waals surface area contributed by atoms with Gasteiger partial charge < -0.3 is 10.2 Å². The van der Waals surface area contributed by atoms with Crippen molar-refractivity contribution in [2.75, 3.05) is 44.6 Å². The largest absolute Gasteiger partial charge is 0.370 e. The zero-order valence-electron chi connectivity index (χ0n) is 13.8. The first-order chi connectivity index (χ1) is 10.2. The zero-order valence-corrected chi connectivity index (χ0v) is 13.8. The quantitative estimate of drug-likeness (QED) is 0.836. The standard InChI is InChI=1S/C17H30N4/c1-4-6-18-17-12-16(5-7-19-17)14-21-10-8-20(9-11-21)13-15(2)3/h5,7,12,15H,4,6,8-11,13-14H2,1-3H3,(H,18,19). The maximum Gasteiger partial charge on any atom is 0.126 e. The Balaban J connectivity index is 1.80. The second-order valence-electron chi connectivity index (χ2n) is 6.45. The second-order valence-corrected chi connectivity index (χ2v) is 6.45. The number of hydrogen-bond donors (Lipinski definition) is 1. The van der Waals surface area contributed by atoms with E-state index >= 15 is 0 Å². The third kappa shape index (κ3) is 5.64. The lowest BCUT2D eigenvalue weighted by atomic mass is 10.1. The van der Waals surface area contributed by atoms with Crippen LogP contribution in [0.2, 0.25) is 0 Å². The van der Waals surface area contributed by atoms with E-state index in [1.54, 1.807) is 0 Å². The van der Waals surface area contributed by atoms with E-state index < -0.39 is 0 Å². The Kier molecular flexibility index (Phi) is 6.46. The van der Waals surface area contributed by atoms with Crippen molar-refractivity contribution in [1.29, 1.82) is 0 Å². The summed E-state index contributed by atoms with van der Waals surface area (Å²) in [5.74, 6) is 1.77. The summed E-state index contributed by atoms with van der Waals surface area (Å²) in [5, 5.41) is 3.36. The van der Waals surface area contributed by atoms with Gasteiger partial charge in [-0.3, -0.25) is 4.90 Å². The fourth-order valence-electron chi connectivity index (χ4n) is 2.83. The summed E-state index contributed by atoms with van der Waals surface area (Å²) in [7, 11) is 0. The van der Waals surface area contributed by atoms with Gasteiger partial charge in [0.05, 0.1) is 0 Å². The first-order valence-corrected chi connectivity index (χ1v) is 8.31. The second kappa shape index (κ2) is 8.35. The van der Waals surface area contributed by atoms with Crippen LogP contribution in [-0.4, -0.2) is 54.1 Å². The minimum Gasteiger partial charge on any atom is -0.370 e. The van der Waals surface area contributed by atoms with E-state index in [1.165, 1.54) is 38.3 Å². The van der Waals surface area contributed by atoms with Crippen LogP contribution in [0.15, 0.2) is 18.3 Å². The number of rotatable bonds is 7. The first kappa shape index (κ1) is 16.2. The molecule has 2 heterocycles. The van der Waals surface area contributed by atoms with Gasteiger partial charge in [0.1, 0.15) is 5.82 Å². The molecule has 0 aliphatic carbocycles. The highest BCUT2D eigenvalue weighted by Crippen LogP contribution is 2.12. The summed E-state index contributed by atoms with van der Waals surface area (Å²) in [6.07, 6.45) is 3.05. The fraction of sp³-hybridized carbons (Fsp3) is 0.706. The molecule has 1 N–H and O–H groups in total. The number of nitrogens with one attached hydrogen (secondary N) is 1. The Hall–Kier alpha value is -1.13. The van der Waals surface area contributed by atoms with Gasteiger partial charge >= 0.3 is 0 Å². The summed E-state index contributed by atoms with van der Waals surface area (Å²) < 4.78 is 0. The fourth-order valence-corrected chi connectivity index (χ4v) is 2.83. The number of pyridine rings is 1. The maximum atomic E-state index is 4.38. The molecule has 1 fully saturated rings. The smallest absolute Gasteiger partial charge is 0.126 e. The van der Waals surface area contributed by atoms with Gasteiger partial charge in [0, 0.05) is 52.0 Å². The topological polar surface area (TPSA) is 31.4 Å². The predicted molar refractivity (Wildman–Crippen MR) is 89.6 cm³/mol. The van der Waals surface area contributed by atoms with Crippen molar-refractivity contribution in [2.45, 2.75) is 33.7 Å². The lowest BCUT2D eigenvalue weighted by molar-refractivity contribution is 0.117. The molecule has 1 aliphatic rings. The van der Waals surface area contributed by atoms with Crippen LogP contribution in [0.25, 0.3) is 0 Å².